The molecular formula is C12H16ClN. The topological polar surface area (TPSA) is 12.0 Å². The van der Waals surface area contributed by atoms with E-state index in [4.69, 9.17) is 11.6 Å². The second kappa shape index (κ2) is 3.56. The molecule has 14 heavy (non-hydrogen) atoms. The monoisotopic (exact) mass is 209 g/mol. The van der Waals surface area contributed by atoms with Crippen LogP contribution in [0.2, 0.25) is 5.02 Å². The maximum Gasteiger partial charge on any atom is 0.0473 e. The highest BCUT2D eigenvalue weighted by Crippen LogP contribution is 2.50. The highest BCUT2D eigenvalue weighted by Gasteiger charge is 2.44. The highest BCUT2D eigenvalue weighted by atomic mass is 35.5. The lowest BCUT2D eigenvalue weighted by Gasteiger charge is -2.17. The molecule has 1 aliphatic carbocycles. The third-order valence-electron chi connectivity index (χ3n) is 3.13. The fourth-order valence-electron chi connectivity index (χ4n) is 2.09. The molecule has 1 saturated carbocycles. The number of benzene rings is 1. The molecule has 1 aromatic carbocycles. The van der Waals surface area contributed by atoms with Crippen LogP contribution in [0.25, 0.3) is 0 Å². The summed E-state index contributed by atoms with van der Waals surface area (Å²) in [5.74, 6) is 0. The molecule has 0 aromatic heterocycles. The zero-order valence-corrected chi connectivity index (χ0v) is 9.49. The first kappa shape index (κ1) is 10.0. The molecule has 0 amide bonds. The van der Waals surface area contributed by atoms with Gasteiger partial charge in [0.25, 0.3) is 0 Å². The molecule has 0 aliphatic heterocycles. The Bertz CT molecular complexity index is 342. The van der Waals surface area contributed by atoms with Crippen molar-refractivity contribution in [1.29, 1.82) is 0 Å². The Morgan fingerprint density at radius 1 is 1.43 bits per heavy atom. The van der Waals surface area contributed by atoms with Crippen LogP contribution in [0, 0.1) is 6.92 Å². The van der Waals surface area contributed by atoms with Crippen LogP contribution in [0.3, 0.4) is 0 Å². The zero-order chi connectivity index (χ0) is 10.2. The summed E-state index contributed by atoms with van der Waals surface area (Å²) in [5, 5.41) is 4.22. The molecule has 2 heteroatoms. The predicted molar refractivity (Wildman–Crippen MR) is 61.0 cm³/mol. The first-order valence-corrected chi connectivity index (χ1v) is 5.48. The smallest absolute Gasteiger partial charge is 0.0473 e. The molecule has 0 unspecified atom stereocenters. The van der Waals surface area contributed by atoms with Gasteiger partial charge in [-0.3, -0.25) is 0 Å². The van der Waals surface area contributed by atoms with E-state index in [1.54, 1.807) is 0 Å². The van der Waals surface area contributed by atoms with Crippen molar-refractivity contribution in [3.8, 4) is 0 Å². The maximum atomic E-state index is 6.33. The van der Waals surface area contributed by atoms with Gasteiger partial charge in [0.05, 0.1) is 0 Å². The maximum absolute atomic E-state index is 6.33. The van der Waals surface area contributed by atoms with Crippen LogP contribution >= 0.6 is 11.6 Å². The Balaban J connectivity index is 2.37. The van der Waals surface area contributed by atoms with Crippen molar-refractivity contribution in [2.75, 3.05) is 13.6 Å². The number of aryl methyl sites for hydroxylation is 1. The standard InChI is InChI=1S/C12H16ClN/c1-9-4-3-5-10(11(9)13)12(6-7-12)8-14-2/h3-5,14H,6-8H2,1-2H3. The Morgan fingerprint density at radius 3 is 2.71 bits per heavy atom. The van der Waals surface area contributed by atoms with Gasteiger partial charge >= 0.3 is 0 Å². The van der Waals surface area contributed by atoms with E-state index in [9.17, 15) is 0 Å². The van der Waals surface area contributed by atoms with Crippen LogP contribution < -0.4 is 5.32 Å². The van der Waals surface area contributed by atoms with E-state index in [0.29, 0.717) is 5.41 Å². The lowest BCUT2D eigenvalue weighted by Crippen LogP contribution is -2.23. The van der Waals surface area contributed by atoms with Gasteiger partial charge in [-0.05, 0) is 37.9 Å². The van der Waals surface area contributed by atoms with Crippen molar-refractivity contribution in [3.63, 3.8) is 0 Å². The molecule has 0 atom stereocenters. The molecule has 0 heterocycles. The van der Waals surface area contributed by atoms with Gasteiger partial charge in [-0.25, -0.2) is 0 Å². The summed E-state index contributed by atoms with van der Waals surface area (Å²) in [6.45, 7) is 3.11. The van der Waals surface area contributed by atoms with Crippen LogP contribution in [-0.2, 0) is 5.41 Å². The normalized spacial score (nSPS) is 18.2. The summed E-state index contributed by atoms with van der Waals surface area (Å²) in [6.07, 6.45) is 2.52. The van der Waals surface area contributed by atoms with E-state index >= 15 is 0 Å². The molecule has 0 saturated heterocycles. The number of hydrogen-bond donors (Lipinski definition) is 1. The summed E-state index contributed by atoms with van der Waals surface area (Å²) in [5.41, 5.74) is 2.85. The Kier molecular flexibility index (Phi) is 2.54. The van der Waals surface area contributed by atoms with Gasteiger partial charge in [-0.1, -0.05) is 29.8 Å². The van der Waals surface area contributed by atoms with E-state index in [2.05, 4.69) is 30.4 Å². The molecular weight excluding hydrogens is 194 g/mol. The fraction of sp³-hybridized carbons (Fsp3) is 0.500. The molecule has 1 aromatic rings. The van der Waals surface area contributed by atoms with E-state index in [1.807, 2.05) is 7.05 Å². The van der Waals surface area contributed by atoms with Crippen molar-refractivity contribution in [3.05, 3.63) is 34.3 Å². The summed E-state index contributed by atoms with van der Waals surface area (Å²) in [7, 11) is 2.00. The quantitative estimate of drug-likeness (QED) is 0.808. The minimum absolute atomic E-state index is 0.331. The van der Waals surface area contributed by atoms with Gasteiger partial charge in [0, 0.05) is 17.0 Å². The molecule has 0 radical (unpaired) electrons. The number of rotatable bonds is 3. The predicted octanol–water partition coefficient (Wildman–Crippen LogP) is 2.90. The van der Waals surface area contributed by atoms with E-state index in [1.165, 1.54) is 24.0 Å². The molecule has 76 valence electrons. The van der Waals surface area contributed by atoms with Gasteiger partial charge in [-0.15, -0.1) is 0 Å². The Hall–Kier alpha value is -0.530. The average molecular weight is 210 g/mol. The van der Waals surface area contributed by atoms with Crippen molar-refractivity contribution in [1.82, 2.24) is 5.32 Å². The van der Waals surface area contributed by atoms with Crippen molar-refractivity contribution >= 4 is 11.6 Å². The summed E-state index contributed by atoms with van der Waals surface area (Å²) < 4.78 is 0. The summed E-state index contributed by atoms with van der Waals surface area (Å²) >= 11 is 6.33. The fourth-order valence-corrected chi connectivity index (χ4v) is 2.41. The molecule has 1 fully saturated rings. The van der Waals surface area contributed by atoms with E-state index in [-0.39, 0.29) is 0 Å². The van der Waals surface area contributed by atoms with Crippen molar-refractivity contribution < 1.29 is 0 Å². The first-order chi connectivity index (χ1) is 6.69. The zero-order valence-electron chi connectivity index (χ0n) is 8.73. The third kappa shape index (κ3) is 1.55. The highest BCUT2D eigenvalue weighted by molar-refractivity contribution is 6.32. The average Bonchev–Trinajstić information content (AvgIpc) is 2.91. The van der Waals surface area contributed by atoms with Crippen LogP contribution in [0.5, 0.6) is 0 Å². The second-order valence-corrected chi connectivity index (χ2v) is 4.63. The number of hydrogen-bond acceptors (Lipinski definition) is 1. The lowest BCUT2D eigenvalue weighted by atomic mass is 9.94. The van der Waals surface area contributed by atoms with Crippen LogP contribution in [0.15, 0.2) is 18.2 Å². The van der Waals surface area contributed by atoms with Crippen LogP contribution in [0.1, 0.15) is 24.0 Å². The number of nitrogens with one attached hydrogen (secondary N) is 1. The number of halogens is 1. The summed E-state index contributed by atoms with van der Waals surface area (Å²) in [6, 6.07) is 6.34. The minimum atomic E-state index is 0.331. The molecule has 1 N–H and O–H groups in total. The van der Waals surface area contributed by atoms with E-state index < -0.39 is 0 Å². The SMILES string of the molecule is CNCC1(c2cccc(C)c2Cl)CC1. The largest absolute Gasteiger partial charge is 0.319 e. The molecule has 1 nitrogen and oxygen atoms in total. The van der Waals surface area contributed by atoms with Gasteiger partial charge < -0.3 is 5.32 Å². The van der Waals surface area contributed by atoms with E-state index in [0.717, 1.165) is 11.6 Å². The van der Waals surface area contributed by atoms with Gasteiger partial charge in [-0.2, -0.15) is 0 Å². The van der Waals surface area contributed by atoms with Crippen molar-refractivity contribution in [2.45, 2.75) is 25.2 Å². The Labute approximate surface area is 90.5 Å². The Morgan fingerprint density at radius 2 is 2.14 bits per heavy atom. The minimum Gasteiger partial charge on any atom is -0.319 e. The second-order valence-electron chi connectivity index (χ2n) is 4.25. The molecule has 1 aliphatic rings. The van der Waals surface area contributed by atoms with Crippen molar-refractivity contribution in [2.24, 2.45) is 0 Å². The van der Waals surface area contributed by atoms with Crippen LogP contribution in [-0.4, -0.2) is 13.6 Å². The first-order valence-electron chi connectivity index (χ1n) is 5.10. The lowest BCUT2D eigenvalue weighted by molar-refractivity contribution is 0.624. The number of likely N-dealkylation sites (N-methyl/N-ethyl adjacent to an activating group) is 1. The third-order valence-corrected chi connectivity index (χ3v) is 3.63. The molecule has 0 spiro atoms. The van der Waals surface area contributed by atoms with Gasteiger partial charge in [0.1, 0.15) is 0 Å². The van der Waals surface area contributed by atoms with Gasteiger partial charge in [0.15, 0.2) is 0 Å². The van der Waals surface area contributed by atoms with Crippen LogP contribution in [0.4, 0.5) is 0 Å². The summed E-state index contributed by atoms with van der Waals surface area (Å²) in [4.78, 5) is 0. The van der Waals surface area contributed by atoms with Gasteiger partial charge in [0.2, 0.25) is 0 Å². The molecule has 0 bridgehead atoms. The molecule has 2 rings (SSSR count).